The topological polar surface area (TPSA) is 96.7 Å². The molecule has 0 bridgehead atoms. The number of carboxylic acid groups (broad SMARTS) is 1. The molecule has 26 heavy (non-hydrogen) atoms. The van der Waals surface area contributed by atoms with E-state index in [1.54, 1.807) is 6.20 Å². The van der Waals surface area contributed by atoms with Gasteiger partial charge in [-0.1, -0.05) is 12.1 Å². The summed E-state index contributed by atoms with van der Waals surface area (Å²) in [6.45, 7) is 7.25. The Morgan fingerprint density at radius 2 is 1.96 bits per heavy atom. The number of nitrogens with one attached hydrogen (secondary N) is 1. The van der Waals surface area contributed by atoms with Gasteiger partial charge in [-0.2, -0.15) is 5.26 Å². The number of amides is 1. The van der Waals surface area contributed by atoms with Crippen molar-refractivity contribution in [2.24, 2.45) is 0 Å². The molecule has 1 aromatic rings. The minimum atomic E-state index is -0.990. The van der Waals surface area contributed by atoms with Crippen molar-refractivity contribution in [3.05, 3.63) is 41.1 Å². The monoisotopic (exact) mass is 356 g/mol. The van der Waals surface area contributed by atoms with Crippen molar-refractivity contribution in [3.63, 3.8) is 0 Å². The summed E-state index contributed by atoms with van der Waals surface area (Å²) in [5.74, 6) is -1.53. The smallest absolute Gasteiger partial charge is 0.305 e. The number of nitrogens with zero attached hydrogens (tertiary/aromatic N) is 3. The average Bonchev–Trinajstić information content (AvgIpc) is 2.62. The normalized spacial score (nSPS) is 14.7. The van der Waals surface area contributed by atoms with Crippen molar-refractivity contribution in [1.29, 1.82) is 5.26 Å². The first-order chi connectivity index (χ1) is 12.4. The number of piperazine rings is 1. The molecule has 7 heteroatoms. The molecule has 0 spiro atoms. The highest BCUT2D eigenvalue weighted by molar-refractivity contribution is 5.97. The van der Waals surface area contributed by atoms with Gasteiger partial charge in [-0.25, -0.2) is 0 Å². The summed E-state index contributed by atoms with van der Waals surface area (Å²) >= 11 is 0. The Balaban J connectivity index is 1.94. The van der Waals surface area contributed by atoms with E-state index in [-0.39, 0.29) is 18.5 Å². The van der Waals surface area contributed by atoms with Crippen molar-refractivity contribution in [3.8, 4) is 6.07 Å². The maximum absolute atomic E-state index is 12.0. The summed E-state index contributed by atoms with van der Waals surface area (Å²) < 4.78 is 0. The first kappa shape index (κ1) is 19.3. The molecule has 2 N–H and O–H groups in total. The Hall–Kier alpha value is -3.01. The van der Waals surface area contributed by atoms with E-state index >= 15 is 0 Å². The third kappa shape index (κ3) is 4.99. The fraction of sp³-hybridized carbons (Fsp3) is 0.421. The van der Waals surface area contributed by atoms with E-state index in [9.17, 15) is 14.9 Å². The lowest BCUT2D eigenvalue weighted by atomic mass is 10.1. The highest BCUT2D eigenvalue weighted by Crippen LogP contribution is 2.24. The quantitative estimate of drug-likeness (QED) is 0.591. The zero-order chi connectivity index (χ0) is 19.1. The van der Waals surface area contributed by atoms with Crippen LogP contribution in [0.3, 0.4) is 0 Å². The molecule has 7 nitrogen and oxygen atoms in total. The highest BCUT2D eigenvalue weighted by atomic mass is 16.4. The molecule has 0 unspecified atom stereocenters. The van der Waals surface area contributed by atoms with Crippen LogP contribution in [-0.2, 0) is 9.59 Å². The van der Waals surface area contributed by atoms with Gasteiger partial charge in [0.25, 0.3) is 5.91 Å². The van der Waals surface area contributed by atoms with Crippen LogP contribution in [0.5, 0.6) is 0 Å². The van der Waals surface area contributed by atoms with Crippen LogP contribution in [0.4, 0.5) is 5.69 Å². The number of carboxylic acids is 1. The molecule has 1 aliphatic rings. The van der Waals surface area contributed by atoms with Crippen molar-refractivity contribution in [1.82, 2.24) is 10.2 Å². The lowest BCUT2D eigenvalue weighted by Crippen LogP contribution is -2.44. The number of carbonyl (C=O) groups is 2. The van der Waals surface area contributed by atoms with Gasteiger partial charge in [0.2, 0.25) is 0 Å². The van der Waals surface area contributed by atoms with Gasteiger partial charge >= 0.3 is 5.97 Å². The molecular formula is C19H24N4O3. The van der Waals surface area contributed by atoms with Crippen LogP contribution < -0.4 is 10.2 Å². The number of aliphatic carboxylic acids is 1. The summed E-state index contributed by atoms with van der Waals surface area (Å²) in [5.41, 5.74) is 3.75. The van der Waals surface area contributed by atoms with Gasteiger partial charge in [-0.05, 0) is 31.0 Å². The lowest BCUT2D eigenvalue weighted by molar-refractivity contribution is -0.136. The molecule has 1 amide bonds. The summed E-state index contributed by atoms with van der Waals surface area (Å²) in [7, 11) is 0. The number of carbonyl (C=O) groups excluding carboxylic acids is 1. The molecular weight excluding hydrogens is 332 g/mol. The van der Waals surface area contributed by atoms with Crippen LogP contribution in [0, 0.1) is 25.2 Å². The first-order valence-corrected chi connectivity index (χ1v) is 8.59. The Bertz CT molecular complexity index is 744. The van der Waals surface area contributed by atoms with E-state index in [4.69, 9.17) is 5.11 Å². The van der Waals surface area contributed by atoms with Crippen molar-refractivity contribution in [2.75, 3.05) is 37.6 Å². The van der Waals surface area contributed by atoms with E-state index in [1.807, 2.05) is 11.0 Å². The second-order valence-corrected chi connectivity index (χ2v) is 6.30. The number of benzene rings is 1. The second kappa shape index (κ2) is 8.90. The van der Waals surface area contributed by atoms with Crippen LogP contribution in [-0.4, -0.2) is 54.6 Å². The van der Waals surface area contributed by atoms with Gasteiger partial charge in [0.1, 0.15) is 11.6 Å². The van der Waals surface area contributed by atoms with Gasteiger partial charge < -0.3 is 20.2 Å². The summed E-state index contributed by atoms with van der Waals surface area (Å²) in [6.07, 6.45) is 1.40. The number of aryl methyl sites for hydroxylation is 1. The maximum atomic E-state index is 12.0. The second-order valence-electron chi connectivity index (χ2n) is 6.30. The van der Waals surface area contributed by atoms with E-state index in [0.717, 1.165) is 13.1 Å². The zero-order valence-electron chi connectivity index (χ0n) is 15.2. The third-order valence-electron chi connectivity index (χ3n) is 4.53. The molecule has 0 aliphatic carbocycles. The van der Waals surface area contributed by atoms with E-state index in [0.29, 0.717) is 13.1 Å². The largest absolute Gasteiger partial charge is 0.481 e. The van der Waals surface area contributed by atoms with Crippen molar-refractivity contribution in [2.45, 2.75) is 20.3 Å². The zero-order valence-corrected chi connectivity index (χ0v) is 15.2. The Labute approximate surface area is 153 Å². The van der Waals surface area contributed by atoms with Crippen LogP contribution in [0.1, 0.15) is 17.5 Å². The molecule has 138 valence electrons. The van der Waals surface area contributed by atoms with Crippen LogP contribution in [0.15, 0.2) is 30.0 Å². The molecule has 1 aromatic carbocycles. The number of nitriles is 1. The average molecular weight is 356 g/mol. The van der Waals surface area contributed by atoms with E-state index < -0.39 is 11.9 Å². The minimum absolute atomic E-state index is 0.00410. The highest BCUT2D eigenvalue weighted by Gasteiger charge is 2.19. The van der Waals surface area contributed by atoms with Gasteiger partial charge in [0.05, 0.1) is 6.42 Å². The third-order valence-corrected chi connectivity index (χ3v) is 4.53. The molecule has 0 aromatic heterocycles. The van der Waals surface area contributed by atoms with Crippen LogP contribution in [0.25, 0.3) is 0 Å². The summed E-state index contributed by atoms with van der Waals surface area (Å²) in [5, 5.41) is 20.3. The molecule has 0 atom stereocenters. The molecule has 1 saturated heterocycles. The maximum Gasteiger partial charge on any atom is 0.305 e. The number of anilines is 1. The molecule has 1 aliphatic heterocycles. The van der Waals surface area contributed by atoms with Crippen molar-refractivity contribution >= 4 is 17.6 Å². The van der Waals surface area contributed by atoms with Crippen LogP contribution >= 0.6 is 0 Å². The number of rotatable bonds is 6. The number of hydrogen-bond donors (Lipinski definition) is 2. The van der Waals surface area contributed by atoms with Gasteiger partial charge in [-0.15, -0.1) is 0 Å². The molecule has 1 fully saturated rings. The Morgan fingerprint density at radius 3 is 2.58 bits per heavy atom. The van der Waals surface area contributed by atoms with Gasteiger partial charge in [0, 0.05) is 44.6 Å². The first-order valence-electron chi connectivity index (χ1n) is 8.59. The predicted octanol–water partition coefficient (Wildman–Crippen LogP) is 1.42. The van der Waals surface area contributed by atoms with Gasteiger partial charge in [0.15, 0.2) is 0 Å². The molecule has 0 radical (unpaired) electrons. The Kier molecular flexibility index (Phi) is 6.61. The fourth-order valence-electron chi connectivity index (χ4n) is 2.87. The molecule has 2 rings (SSSR count). The lowest BCUT2D eigenvalue weighted by Gasteiger charge is -2.36. The number of hydrogen-bond acceptors (Lipinski definition) is 5. The Morgan fingerprint density at radius 1 is 1.27 bits per heavy atom. The standard InChI is InChI=1S/C19H24N4O3/c1-14-4-3-5-17(15(14)2)23-10-8-22(9-11-23)13-16(12-20)19(26)21-7-6-18(24)25/h3-5,13H,6-11H2,1-2H3,(H,21,26)(H,24,25)/b16-13-. The molecule has 0 saturated carbocycles. The fourth-order valence-corrected chi connectivity index (χ4v) is 2.87. The van der Waals surface area contributed by atoms with E-state index in [1.165, 1.54) is 16.8 Å². The SMILES string of the molecule is Cc1cccc(N2CCN(/C=C(/C#N)C(=O)NCCC(=O)O)CC2)c1C. The van der Waals surface area contributed by atoms with E-state index in [2.05, 4.69) is 42.3 Å². The van der Waals surface area contributed by atoms with Crippen LogP contribution in [0.2, 0.25) is 0 Å². The minimum Gasteiger partial charge on any atom is -0.481 e. The van der Waals surface area contributed by atoms with Gasteiger partial charge in [-0.3, -0.25) is 9.59 Å². The predicted molar refractivity (Wildman–Crippen MR) is 98.7 cm³/mol. The summed E-state index contributed by atoms with van der Waals surface area (Å²) in [4.78, 5) is 26.7. The van der Waals surface area contributed by atoms with Crippen molar-refractivity contribution < 1.29 is 14.7 Å². The summed E-state index contributed by atoms with van der Waals surface area (Å²) in [6, 6.07) is 8.16. The molecule has 1 heterocycles.